The standard InChI is InChI=1S/C12H14BFN3/c1-8(2)11-15-12(13-3)17(16-11)10-7-5-4-6-9(10)14/h4-8H,1-3H3. The third kappa shape index (κ3) is 2.23. The van der Waals surface area contributed by atoms with Crippen molar-refractivity contribution in [2.75, 3.05) is 0 Å². The van der Waals surface area contributed by atoms with Crippen molar-refractivity contribution in [2.24, 2.45) is 0 Å². The highest BCUT2D eigenvalue weighted by molar-refractivity contribution is 6.49. The van der Waals surface area contributed by atoms with Gasteiger partial charge >= 0.3 is 0 Å². The lowest BCUT2D eigenvalue weighted by atomic mass is 9.81. The SMILES string of the molecule is C[B]c1nc(C(C)C)nn1-c1ccccc1F. The molecule has 0 spiro atoms. The van der Waals surface area contributed by atoms with Crippen LogP contribution < -0.4 is 5.72 Å². The van der Waals surface area contributed by atoms with Gasteiger partial charge in [-0.2, -0.15) is 5.10 Å². The van der Waals surface area contributed by atoms with Gasteiger partial charge < -0.3 is 0 Å². The molecule has 3 nitrogen and oxygen atoms in total. The summed E-state index contributed by atoms with van der Waals surface area (Å²) in [7, 11) is 1.82. The Bertz CT molecular complexity index is 522. The summed E-state index contributed by atoms with van der Waals surface area (Å²) in [6.07, 6.45) is 0. The lowest BCUT2D eigenvalue weighted by molar-refractivity contribution is 0.610. The zero-order valence-electron chi connectivity index (χ0n) is 10.2. The fourth-order valence-electron chi connectivity index (χ4n) is 1.57. The van der Waals surface area contributed by atoms with Gasteiger partial charge in [0, 0.05) is 5.92 Å². The Balaban J connectivity index is 2.55. The first-order valence-electron chi connectivity index (χ1n) is 5.64. The molecule has 17 heavy (non-hydrogen) atoms. The van der Waals surface area contributed by atoms with E-state index in [9.17, 15) is 4.39 Å². The van der Waals surface area contributed by atoms with Gasteiger partial charge in [0.25, 0.3) is 0 Å². The molecule has 0 unspecified atom stereocenters. The first-order valence-corrected chi connectivity index (χ1v) is 5.64. The molecule has 0 bridgehead atoms. The molecule has 0 fully saturated rings. The number of hydrogen-bond acceptors (Lipinski definition) is 2. The van der Waals surface area contributed by atoms with Crippen molar-refractivity contribution in [1.29, 1.82) is 0 Å². The minimum absolute atomic E-state index is 0.224. The van der Waals surface area contributed by atoms with Crippen LogP contribution in [0.1, 0.15) is 25.6 Å². The fraction of sp³-hybridized carbons (Fsp3) is 0.333. The lowest BCUT2D eigenvalue weighted by Crippen LogP contribution is -2.24. The summed E-state index contributed by atoms with van der Waals surface area (Å²) in [5.74, 6) is 0.652. The molecule has 1 aromatic heterocycles. The van der Waals surface area contributed by atoms with E-state index in [2.05, 4.69) is 10.1 Å². The number of para-hydroxylation sites is 1. The van der Waals surface area contributed by atoms with Gasteiger partial charge in [-0.1, -0.05) is 32.8 Å². The highest BCUT2D eigenvalue weighted by Crippen LogP contribution is 2.13. The molecule has 2 rings (SSSR count). The molecule has 1 aromatic carbocycles. The second-order valence-corrected chi connectivity index (χ2v) is 4.13. The van der Waals surface area contributed by atoms with Crippen LogP contribution in [0.15, 0.2) is 24.3 Å². The van der Waals surface area contributed by atoms with Crippen molar-refractivity contribution in [2.45, 2.75) is 26.6 Å². The topological polar surface area (TPSA) is 30.7 Å². The van der Waals surface area contributed by atoms with Gasteiger partial charge in [-0.05, 0) is 12.1 Å². The third-order valence-corrected chi connectivity index (χ3v) is 2.50. The molecule has 0 aliphatic carbocycles. The zero-order chi connectivity index (χ0) is 12.4. The van der Waals surface area contributed by atoms with E-state index in [1.54, 1.807) is 22.9 Å². The number of nitrogens with zero attached hydrogens (tertiary/aromatic N) is 3. The molecule has 0 saturated carbocycles. The summed E-state index contributed by atoms with van der Waals surface area (Å²) >= 11 is 0. The number of benzene rings is 1. The Morgan fingerprint density at radius 2 is 2.00 bits per heavy atom. The van der Waals surface area contributed by atoms with Crippen LogP contribution in [0.4, 0.5) is 4.39 Å². The maximum Gasteiger partial charge on any atom is 0.201 e. The largest absolute Gasteiger partial charge is 0.227 e. The van der Waals surface area contributed by atoms with E-state index < -0.39 is 0 Å². The highest BCUT2D eigenvalue weighted by atomic mass is 19.1. The average molecular weight is 230 g/mol. The molecule has 87 valence electrons. The summed E-state index contributed by atoms with van der Waals surface area (Å²) in [6.45, 7) is 5.90. The smallest absolute Gasteiger partial charge is 0.201 e. The Morgan fingerprint density at radius 3 is 2.59 bits per heavy atom. The van der Waals surface area contributed by atoms with Crippen LogP contribution in [0, 0.1) is 5.82 Å². The van der Waals surface area contributed by atoms with Crippen molar-refractivity contribution < 1.29 is 4.39 Å². The van der Waals surface area contributed by atoms with E-state index in [0.29, 0.717) is 11.4 Å². The average Bonchev–Trinajstić information content (AvgIpc) is 2.73. The van der Waals surface area contributed by atoms with Crippen LogP contribution >= 0.6 is 0 Å². The second kappa shape index (κ2) is 4.69. The van der Waals surface area contributed by atoms with E-state index in [-0.39, 0.29) is 11.7 Å². The predicted octanol–water partition coefficient (Wildman–Crippen LogP) is 1.91. The zero-order valence-corrected chi connectivity index (χ0v) is 10.2. The Morgan fingerprint density at radius 1 is 1.29 bits per heavy atom. The number of aromatic nitrogens is 3. The lowest BCUT2D eigenvalue weighted by Gasteiger charge is -2.04. The number of rotatable bonds is 3. The van der Waals surface area contributed by atoms with E-state index in [1.807, 2.05) is 28.0 Å². The van der Waals surface area contributed by atoms with E-state index in [1.165, 1.54) is 6.07 Å². The molecule has 0 atom stereocenters. The molecule has 0 saturated heterocycles. The first kappa shape index (κ1) is 11.8. The van der Waals surface area contributed by atoms with Gasteiger partial charge in [-0.3, -0.25) is 0 Å². The van der Waals surface area contributed by atoms with Crippen LogP contribution in [0.25, 0.3) is 5.69 Å². The van der Waals surface area contributed by atoms with Crippen LogP contribution in [0.3, 0.4) is 0 Å². The molecular weight excluding hydrogens is 216 g/mol. The van der Waals surface area contributed by atoms with E-state index >= 15 is 0 Å². The van der Waals surface area contributed by atoms with Crippen LogP contribution in [0.5, 0.6) is 0 Å². The predicted molar refractivity (Wildman–Crippen MR) is 66.7 cm³/mol. The summed E-state index contributed by atoms with van der Waals surface area (Å²) in [5, 5.41) is 4.35. The van der Waals surface area contributed by atoms with E-state index in [4.69, 9.17) is 0 Å². The van der Waals surface area contributed by atoms with Crippen molar-refractivity contribution >= 4 is 13.0 Å². The monoisotopic (exact) mass is 230 g/mol. The molecule has 0 N–H and O–H groups in total. The molecular formula is C12H14BFN3. The molecule has 0 amide bonds. The molecule has 1 heterocycles. The minimum atomic E-state index is -0.296. The minimum Gasteiger partial charge on any atom is -0.227 e. The van der Waals surface area contributed by atoms with Crippen LogP contribution in [-0.2, 0) is 0 Å². The normalized spacial score (nSPS) is 10.9. The third-order valence-electron chi connectivity index (χ3n) is 2.50. The maximum atomic E-state index is 13.7. The second-order valence-electron chi connectivity index (χ2n) is 4.13. The summed E-state index contributed by atoms with van der Waals surface area (Å²) in [4.78, 5) is 4.38. The van der Waals surface area contributed by atoms with Gasteiger partial charge in [-0.15, -0.1) is 0 Å². The van der Waals surface area contributed by atoms with Crippen molar-refractivity contribution in [3.63, 3.8) is 0 Å². The molecule has 0 aliphatic rings. The molecule has 5 heteroatoms. The van der Waals surface area contributed by atoms with Crippen LogP contribution in [-0.4, -0.2) is 22.0 Å². The van der Waals surface area contributed by atoms with Gasteiger partial charge in [-0.25, -0.2) is 14.1 Å². The molecule has 2 aromatic rings. The van der Waals surface area contributed by atoms with Crippen molar-refractivity contribution in [3.05, 3.63) is 35.9 Å². The van der Waals surface area contributed by atoms with Gasteiger partial charge in [0.05, 0.1) is 5.72 Å². The maximum absolute atomic E-state index is 13.7. The summed E-state index contributed by atoms with van der Waals surface area (Å²) in [6, 6.07) is 6.57. The summed E-state index contributed by atoms with van der Waals surface area (Å²) in [5.41, 5.74) is 1.10. The fourth-order valence-corrected chi connectivity index (χ4v) is 1.57. The number of hydrogen-bond donors (Lipinski definition) is 0. The van der Waals surface area contributed by atoms with Gasteiger partial charge in [0.15, 0.2) is 5.82 Å². The quantitative estimate of drug-likeness (QED) is 0.754. The van der Waals surface area contributed by atoms with Crippen molar-refractivity contribution in [1.82, 2.24) is 14.8 Å². The molecule has 0 aliphatic heterocycles. The Hall–Kier alpha value is -1.65. The number of halogens is 1. The van der Waals surface area contributed by atoms with Gasteiger partial charge in [0.1, 0.15) is 11.5 Å². The Kier molecular flexibility index (Phi) is 3.27. The summed E-state index contributed by atoms with van der Waals surface area (Å²) < 4.78 is 15.2. The molecule has 1 radical (unpaired) electrons. The van der Waals surface area contributed by atoms with Crippen LogP contribution in [0.2, 0.25) is 6.82 Å². The highest BCUT2D eigenvalue weighted by Gasteiger charge is 2.14. The Labute approximate surface area is 101 Å². The van der Waals surface area contributed by atoms with E-state index in [0.717, 1.165) is 5.82 Å². The van der Waals surface area contributed by atoms with Crippen molar-refractivity contribution in [3.8, 4) is 5.69 Å². The van der Waals surface area contributed by atoms with Gasteiger partial charge in [0.2, 0.25) is 7.28 Å². The first-order chi connectivity index (χ1) is 8.13.